The van der Waals surface area contributed by atoms with E-state index in [0.29, 0.717) is 30.1 Å². The number of nitrogens with zero attached hydrogens (tertiary/aromatic N) is 4. The van der Waals surface area contributed by atoms with Crippen LogP contribution in [-0.2, 0) is 14.3 Å². The number of allylic oxidation sites excluding steroid dienone is 1. The van der Waals surface area contributed by atoms with Gasteiger partial charge in [0.1, 0.15) is 11.7 Å². The van der Waals surface area contributed by atoms with Gasteiger partial charge in [0.05, 0.1) is 17.6 Å². The fourth-order valence-electron chi connectivity index (χ4n) is 15.1. The molecule has 8 aliphatic rings. The number of hydrogen-bond donors (Lipinski definition) is 1. The lowest BCUT2D eigenvalue weighted by Crippen LogP contribution is -2.65. The van der Waals surface area contributed by atoms with Crippen LogP contribution in [0.3, 0.4) is 0 Å². The Kier molecular flexibility index (Phi) is 12.0. The molecule has 3 saturated heterocycles. The van der Waals surface area contributed by atoms with Gasteiger partial charge in [-0.3, -0.25) is 19.5 Å². The number of likely N-dealkylation sites (tertiary alicyclic amines) is 1. The van der Waals surface area contributed by atoms with Crippen LogP contribution in [0.4, 0.5) is 0 Å². The van der Waals surface area contributed by atoms with Gasteiger partial charge in [0.2, 0.25) is 0 Å². The number of fused-ring (bicyclic) bond motifs is 2. The van der Waals surface area contributed by atoms with Crippen molar-refractivity contribution < 1.29 is 19.4 Å². The van der Waals surface area contributed by atoms with Crippen LogP contribution in [0.5, 0.6) is 0 Å². The van der Waals surface area contributed by atoms with E-state index in [9.17, 15) is 14.7 Å². The summed E-state index contributed by atoms with van der Waals surface area (Å²) in [5, 5.41) is 11.8. The summed E-state index contributed by atoms with van der Waals surface area (Å²) in [5.74, 6) is 2.34. The predicted octanol–water partition coefficient (Wildman–Crippen LogP) is 7.33. The molecular weight excluding hydrogens is 685 g/mol. The lowest BCUT2D eigenvalue weighted by Gasteiger charge is -2.60. The first-order valence-electron chi connectivity index (χ1n) is 23.5. The van der Waals surface area contributed by atoms with Gasteiger partial charge in [0, 0.05) is 70.9 Å². The number of carbonyl (C=O) groups excluding carboxylic acids is 1. The van der Waals surface area contributed by atoms with Crippen LogP contribution in [0, 0.1) is 63.6 Å². The summed E-state index contributed by atoms with van der Waals surface area (Å²) in [7, 11) is 0. The van der Waals surface area contributed by atoms with Crippen molar-refractivity contribution in [3.63, 3.8) is 0 Å². The molecule has 310 valence electrons. The number of carbonyl (C=O) groups is 2. The lowest BCUT2D eigenvalue weighted by atomic mass is 9.41. The van der Waals surface area contributed by atoms with Gasteiger partial charge in [-0.1, -0.05) is 84.8 Å². The quantitative estimate of drug-likeness (QED) is 0.130. The summed E-state index contributed by atoms with van der Waals surface area (Å²) in [5.41, 5.74) is -1.47. The first-order valence-corrected chi connectivity index (χ1v) is 23.5. The maximum Gasteiger partial charge on any atom is 0.315 e. The highest BCUT2D eigenvalue weighted by atomic mass is 16.5. The Labute approximate surface area is 334 Å². The van der Waals surface area contributed by atoms with Crippen molar-refractivity contribution in [3.05, 3.63) is 11.6 Å². The number of carboxylic acids is 1. The molecular formula is C47H78N4O4. The Bertz CT molecular complexity index is 1380. The van der Waals surface area contributed by atoms with E-state index in [1.807, 2.05) is 0 Å². The topological polar surface area (TPSA) is 76.6 Å². The number of carboxylic acid groups (broad SMARTS) is 1. The molecule has 5 aliphatic carbocycles. The molecule has 55 heavy (non-hydrogen) atoms. The summed E-state index contributed by atoms with van der Waals surface area (Å²) in [6, 6.07) is 0. The molecule has 7 fully saturated rings. The Hall–Kier alpha value is -1.32. The first-order chi connectivity index (χ1) is 26.5. The van der Waals surface area contributed by atoms with E-state index >= 15 is 0 Å². The molecule has 8 nitrogen and oxygen atoms in total. The van der Waals surface area contributed by atoms with Gasteiger partial charge in [0.15, 0.2) is 0 Å². The fourth-order valence-corrected chi connectivity index (χ4v) is 15.1. The average molecular weight is 763 g/mol. The van der Waals surface area contributed by atoms with Crippen molar-refractivity contribution in [2.24, 2.45) is 63.6 Å². The van der Waals surface area contributed by atoms with Crippen molar-refractivity contribution in [2.75, 3.05) is 78.5 Å². The van der Waals surface area contributed by atoms with Crippen LogP contribution < -0.4 is 0 Å². The molecule has 8 heteroatoms. The largest absolute Gasteiger partial charge is 0.481 e. The van der Waals surface area contributed by atoms with Gasteiger partial charge in [-0.15, -0.1) is 0 Å². The molecule has 0 amide bonds. The zero-order valence-electron chi connectivity index (χ0n) is 35.6. The van der Waals surface area contributed by atoms with Crippen molar-refractivity contribution in [2.45, 2.75) is 130 Å². The Morgan fingerprint density at radius 1 is 0.909 bits per heavy atom. The summed E-state index contributed by atoms with van der Waals surface area (Å²) in [4.78, 5) is 38.9. The third kappa shape index (κ3) is 6.94. The second-order valence-corrected chi connectivity index (χ2v) is 21.2. The van der Waals surface area contributed by atoms with E-state index in [2.05, 4.69) is 60.3 Å². The van der Waals surface area contributed by atoms with Gasteiger partial charge in [-0.25, -0.2) is 0 Å². The number of hydrogen-bond acceptors (Lipinski definition) is 7. The molecule has 10 atom stereocenters. The maximum atomic E-state index is 14.3. The highest BCUT2D eigenvalue weighted by Gasteiger charge is 2.86. The summed E-state index contributed by atoms with van der Waals surface area (Å²) >= 11 is 0. The molecule has 0 spiro atoms. The van der Waals surface area contributed by atoms with E-state index in [-0.39, 0.29) is 30.0 Å². The molecule has 1 N–H and O–H groups in total. The number of piperidine rings is 1. The van der Waals surface area contributed by atoms with E-state index in [4.69, 9.17) is 4.74 Å². The van der Waals surface area contributed by atoms with Gasteiger partial charge >= 0.3 is 5.97 Å². The molecule has 4 bridgehead atoms. The maximum absolute atomic E-state index is 14.3. The number of ether oxygens (including phenoxy) is 1. The van der Waals surface area contributed by atoms with Crippen LogP contribution in [0.15, 0.2) is 11.6 Å². The fraction of sp³-hybridized carbons (Fsp3) is 0.915. The minimum Gasteiger partial charge on any atom is -0.481 e. The van der Waals surface area contributed by atoms with Gasteiger partial charge in [-0.2, -0.15) is 0 Å². The average Bonchev–Trinajstić information content (AvgIpc) is 3.99. The third-order valence-electron chi connectivity index (χ3n) is 17.5. The Balaban J connectivity index is 1.01. The van der Waals surface area contributed by atoms with Gasteiger partial charge < -0.3 is 19.5 Å². The Morgan fingerprint density at radius 2 is 1.58 bits per heavy atom. The van der Waals surface area contributed by atoms with Crippen LogP contribution in [0.25, 0.3) is 0 Å². The van der Waals surface area contributed by atoms with E-state index in [1.165, 1.54) is 96.9 Å². The molecule has 0 aromatic carbocycles. The normalized spacial score (nSPS) is 41.2. The highest BCUT2D eigenvalue weighted by Crippen LogP contribution is 2.84. The summed E-state index contributed by atoms with van der Waals surface area (Å²) < 4.78 is 7.62. The smallest absolute Gasteiger partial charge is 0.315 e. The first kappa shape index (κ1) is 40.5. The third-order valence-corrected chi connectivity index (χ3v) is 17.5. The van der Waals surface area contributed by atoms with Crippen molar-refractivity contribution in [1.82, 2.24) is 19.6 Å². The molecule has 0 aromatic rings. The minimum absolute atomic E-state index is 0.0972. The van der Waals surface area contributed by atoms with Crippen molar-refractivity contribution >= 4 is 12.3 Å². The molecule has 0 aromatic heterocycles. The van der Waals surface area contributed by atoms with E-state index in [0.717, 1.165) is 76.4 Å². The lowest BCUT2D eigenvalue weighted by molar-refractivity contribution is -0.197. The van der Waals surface area contributed by atoms with E-state index in [1.54, 1.807) is 0 Å². The predicted molar refractivity (Wildman–Crippen MR) is 220 cm³/mol. The van der Waals surface area contributed by atoms with Crippen molar-refractivity contribution in [1.29, 1.82) is 0 Å². The van der Waals surface area contributed by atoms with E-state index < -0.39 is 22.2 Å². The summed E-state index contributed by atoms with van der Waals surface area (Å²) in [6.07, 6.45) is 18.9. The van der Waals surface area contributed by atoms with Gasteiger partial charge in [-0.05, 0) is 105 Å². The monoisotopic (exact) mass is 763 g/mol. The van der Waals surface area contributed by atoms with Crippen LogP contribution in [0.2, 0.25) is 0 Å². The second-order valence-electron chi connectivity index (χ2n) is 21.2. The molecule has 4 saturated carbocycles. The number of rotatable bonds is 16. The highest BCUT2D eigenvalue weighted by molar-refractivity contribution is 5.90. The summed E-state index contributed by atoms with van der Waals surface area (Å²) in [6.45, 7) is 25.3. The minimum atomic E-state index is -1.16. The zero-order valence-corrected chi connectivity index (χ0v) is 35.6. The standard InChI is InChI=1S/C47H78N4O4/c1-33(2)30-51(24-23-50-21-19-49(20-22-50)18-17-48-15-9-6-10-16-48)31-42-37(25-36-11-7-8-12-36)26-43(55-42)46-29-39-35(5)13-14-40(39)45(32-52)28-38(46)27-41(34(3)4)47(45,46)44(53)54/h27,32-40,42-43H,6-26,28-31H2,1-5H3,(H,53,54)/t35-,37?,38?,39-,40-,42?,43?,45?,46?,47+/m1/s1. The SMILES string of the molecule is CC(C)CN(CCN1CCN(CCN2CCCCC2)CC1)CC1OC(C23C[C@@H]4[C@H](C)CC[C@H]4C4(C=O)CC2C=C(C(C)C)[C@@]34C(=O)O)CC1CC1CCCC1. The molecule has 6 unspecified atom stereocenters. The number of piperazine rings is 1. The van der Waals surface area contributed by atoms with Crippen molar-refractivity contribution in [3.8, 4) is 0 Å². The number of aliphatic carboxylic acids is 1. The van der Waals surface area contributed by atoms with Crippen LogP contribution in [-0.4, -0.2) is 128 Å². The molecule has 0 radical (unpaired) electrons. The molecule has 3 heterocycles. The van der Waals surface area contributed by atoms with Crippen LogP contribution in [0.1, 0.15) is 118 Å². The van der Waals surface area contributed by atoms with Gasteiger partial charge in [0.25, 0.3) is 0 Å². The second kappa shape index (κ2) is 16.4. The Morgan fingerprint density at radius 3 is 2.22 bits per heavy atom. The zero-order chi connectivity index (χ0) is 38.5. The van der Waals surface area contributed by atoms with Crippen LogP contribution >= 0.6 is 0 Å². The molecule has 3 aliphatic heterocycles. The number of aldehydes is 1. The molecule has 8 rings (SSSR count).